The van der Waals surface area contributed by atoms with E-state index in [1.165, 1.54) is 0 Å². The highest BCUT2D eigenvalue weighted by Gasteiger charge is 2.27. The zero-order valence-corrected chi connectivity index (χ0v) is 13.4. The molecule has 0 radical (unpaired) electrons. The number of rotatable bonds is 5. The lowest BCUT2D eigenvalue weighted by atomic mass is 10.2. The molecule has 2 rings (SSSR count). The molecule has 0 aliphatic carbocycles. The molecule has 114 valence electrons. The van der Waals surface area contributed by atoms with Gasteiger partial charge in [-0.15, -0.1) is 0 Å². The van der Waals surface area contributed by atoms with Crippen LogP contribution in [-0.4, -0.2) is 37.4 Å². The van der Waals surface area contributed by atoms with Crippen molar-refractivity contribution < 1.29 is 8.42 Å². The molecule has 1 saturated heterocycles. The fraction of sp³-hybridized carbons (Fsp3) is 0.714. The van der Waals surface area contributed by atoms with Crippen molar-refractivity contribution in [3.05, 3.63) is 18.0 Å². The molecule has 0 saturated carbocycles. The average molecular weight is 299 g/mol. The van der Waals surface area contributed by atoms with Crippen LogP contribution < -0.4 is 5.32 Å². The molecule has 1 N–H and O–H groups in total. The first-order valence-corrected chi connectivity index (χ1v) is 8.76. The summed E-state index contributed by atoms with van der Waals surface area (Å²) in [5, 5.41) is 3.09. The van der Waals surface area contributed by atoms with Crippen LogP contribution in [0.15, 0.2) is 17.2 Å². The van der Waals surface area contributed by atoms with Gasteiger partial charge in [0.1, 0.15) is 4.90 Å². The maximum Gasteiger partial charge on any atom is 0.244 e. The van der Waals surface area contributed by atoms with E-state index in [2.05, 4.69) is 19.2 Å². The normalized spacial score (nSPS) is 17.8. The summed E-state index contributed by atoms with van der Waals surface area (Å²) in [7, 11) is -1.46. The van der Waals surface area contributed by atoms with Crippen molar-refractivity contribution >= 4 is 10.0 Å². The first-order valence-electron chi connectivity index (χ1n) is 7.32. The van der Waals surface area contributed by atoms with Gasteiger partial charge in [0.25, 0.3) is 0 Å². The summed E-state index contributed by atoms with van der Waals surface area (Å²) in [6.45, 7) is 6.10. The molecule has 0 amide bonds. The molecule has 0 atom stereocenters. The SMILES string of the molecule is CNCc1cc(S(=O)(=O)N2CCCCC2)cn1C(C)C. The topological polar surface area (TPSA) is 54.3 Å². The predicted octanol–water partition coefficient (Wildman–Crippen LogP) is 1.96. The Bertz CT molecular complexity index is 543. The molecule has 0 spiro atoms. The molecule has 5 nitrogen and oxygen atoms in total. The van der Waals surface area contributed by atoms with Crippen molar-refractivity contribution in [3.8, 4) is 0 Å². The zero-order chi connectivity index (χ0) is 14.8. The van der Waals surface area contributed by atoms with Crippen molar-refractivity contribution in [2.75, 3.05) is 20.1 Å². The van der Waals surface area contributed by atoms with E-state index in [1.807, 2.05) is 11.6 Å². The van der Waals surface area contributed by atoms with Gasteiger partial charge in [0.2, 0.25) is 10.0 Å². The molecule has 1 aromatic heterocycles. The van der Waals surface area contributed by atoms with Gasteiger partial charge >= 0.3 is 0 Å². The van der Waals surface area contributed by atoms with Gasteiger partial charge in [0.05, 0.1) is 0 Å². The molecule has 0 unspecified atom stereocenters. The lowest BCUT2D eigenvalue weighted by Gasteiger charge is -2.25. The molecule has 1 aliphatic heterocycles. The number of nitrogens with one attached hydrogen (secondary N) is 1. The van der Waals surface area contributed by atoms with Crippen LogP contribution >= 0.6 is 0 Å². The summed E-state index contributed by atoms with van der Waals surface area (Å²) < 4.78 is 29.0. The second kappa shape index (κ2) is 6.28. The van der Waals surface area contributed by atoms with Gasteiger partial charge in [0, 0.05) is 37.6 Å². The number of aromatic nitrogens is 1. The summed E-state index contributed by atoms with van der Waals surface area (Å²) in [4.78, 5) is 0.429. The Hall–Kier alpha value is -0.850. The Morgan fingerprint density at radius 2 is 1.90 bits per heavy atom. The molecular formula is C14H25N3O2S. The summed E-state index contributed by atoms with van der Waals surface area (Å²) >= 11 is 0. The van der Waals surface area contributed by atoms with Gasteiger partial charge in [-0.05, 0) is 39.8 Å². The molecule has 20 heavy (non-hydrogen) atoms. The van der Waals surface area contributed by atoms with Crippen LogP contribution in [0, 0.1) is 0 Å². The maximum atomic E-state index is 12.7. The standard InChI is InChI=1S/C14H25N3O2S/c1-12(2)17-11-14(9-13(17)10-15-3)20(18,19)16-7-5-4-6-8-16/h9,11-12,15H,4-8,10H2,1-3H3. The third kappa shape index (κ3) is 3.07. The van der Waals surface area contributed by atoms with Crippen molar-refractivity contribution in [1.29, 1.82) is 0 Å². The Morgan fingerprint density at radius 1 is 1.25 bits per heavy atom. The molecule has 0 bridgehead atoms. The predicted molar refractivity (Wildman–Crippen MR) is 80.2 cm³/mol. The molecule has 1 aliphatic rings. The van der Waals surface area contributed by atoms with Gasteiger partial charge in [0.15, 0.2) is 0 Å². The van der Waals surface area contributed by atoms with Gasteiger partial charge in [-0.2, -0.15) is 4.31 Å². The summed E-state index contributed by atoms with van der Waals surface area (Å²) in [5.41, 5.74) is 1.01. The van der Waals surface area contributed by atoms with Gasteiger partial charge in [-0.25, -0.2) is 8.42 Å². The fourth-order valence-electron chi connectivity index (χ4n) is 2.70. The maximum absolute atomic E-state index is 12.7. The lowest BCUT2D eigenvalue weighted by Crippen LogP contribution is -2.35. The second-order valence-electron chi connectivity index (χ2n) is 5.66. The minimum absolute atomic E-state index is 0.253. The first kappa shape index (κ1) is 15.5. The van der Waals surface area contributed by atoms with Crippen LogP contribution in [0.2, 0.25) is 0 Å². The van der Waals surface area contributed by atoms with E-state index in [9.17, 15) is 8.42 Å². The third-order valence-electron chi connectivity index (χ3n) is 3.77. The minimum Gasteiger partial charge on any atom is -0.346 e. The molecule has 6 heteroatoms. The minimum atomic E-state index is -3.33. The van der Waals surface area contributed by atoms with E-state index < -0.39 is 10.0 Å². The lowest BCUT2D eigenvalue weighted by molar-refractivity contribution is 0.346. The van der Waals surface area contributed by atoms with Crippen molar-refractivity contribution in [1.82, 2.24) is 14.2 Å². The van der Waals surface area contributed by atoms with Crippen LogP contribution in [0.5, 0.6) is 0 Å². The largest absolute Gasteiger partial charge is 0.346 e. The van der Waals surface area contributed by atoms with Gasteiger partial charge in [-0.3, -0.25) is 0 Å². The Kier molecular flexibility index (Phi) is 4.88. The van der Waals surface area contributed by atoms with E-state index in [0.717, 1.165) is 25.0 Å². The first-order chi connectivity index (χ1) is 9.46. The Labute approximate surface area is 122 Å². The number of sulfonamides is 1. The van der Waals surface area contributed by atoms with Crippen LogP contribution in [0.1, 0.15) is 44.8 Å². The number of piperidine rings is 1. The highest BCUT2D eigenvalue weighted by molar-refractivity contribution is 7.89. The smallest absolute Gasteiger partial charge is 0.244 e. The van der Waals surface area contributed by atoms with Crippen molar-refractivity contribution in [2.24, 2.45) is 0 Å². The van der Waals surface area contributed by atoms with Crippen molar-refractivity contribution in [2.45, 2.75) is 50.6 Å². The fourth-order valence-corrected chi connectivity index (χ4v) is 4.26. The second-order valence-corrected chi connectivity index (χ2v) is 7.60. The van der Waals surface area contributed by atoms with Crippen LogP contribution in [0.4, 0.5) is 0 Å². The van der Waals surface area contributed by atoms with Gasteiger partial charge < -0.3 is 9.88 Å². The average Bonchev–Trinajstić information content (AvgIpc) is 2.85. The highest BCUT2D eigenvalue weighted by Crippen LogP contribution is 2.24. The monoisotopic (exact) mass is 299 g/mol. The quantitative estimate of drug-likeness (QED) is 0.904. The van der Waals surface area contributed by atoms with E-state index in [4.69, 9.17) is 0 Å². The molecule has 1 aromatic rings. The summed E-state index contributed by atoms with van der Waals surface area (Å²) in [5.74, 6) is 0. The molecular weight excluding hydrogens is 274 g/mol. The van der Waals surface area contributed by atoms with E-state index in [1.54, 1.807) is 16.6 Å². The van der Waals surface area contributed by atoms with Gasteiger partial charge in [-0.1, -0.05) is 6.42 Å². The number of hydrogen-bond donors (Lipinski definition) is 1. The highest BCUT2D eigenvalue weighted by atomic mass is 32.2. The zero-order valence-electron chi connectivity index (χ0n) is 12.6. The summed E-state index contributed by atoms with van der Waals surface area (Å²) in [6, 6.07) is 2.06. The van der Waals surface area contributed by atoms with E-state index >= 15 is 0 Å². The molecule has 2 heterocycles. The van der Waals surface area contributed by atoms with Crippen LogP contribution in [0.25, 0.3) is 0 Å². The Morgan fingerprint density at radius 3 is 2.45 bits per heavy atom. The molecule has 1 fully saturated rings. The summed E-state index contributed by atoms with van der Waals surface area (Å²) in [6.07, 6.45) is 4.84. The van der Waals surface area contributed by atoms with E-state index in [-0.39, 0.29) is 6.04 Å². The van der Waals surface area contributed by atoms with Crippen molar-refractivity contribution in [3.63, 3.8) is 0 Å². The van der Waals surface area contributed by atoms with E-state index in [0.29, 0.717) is 24.5 Å². The number of nitrogens with zero attached hydrogens (tertiary/aromatic N) is 2. The Balaban J connectivity index is 2.33. The van der Waals surface area contributed by atoms with Crippen LogP contribution in [-0.2, 0) is 16.6 Å². The number of hydrogen-bond acceptors (Lipinski definition) is 3. The molecule has 0 aromatic carbocycles. The van der Waals surface area contributed by atoms with Crippen LogP contribution in [0.3, 0.4) is 0 Å². The third-order valence-corrected chi connectivity index (χ3v) is 5.64.